The first kappa shape index (κ1) is 26.9. The van der Waals surface area contributed by atoms with Gasteiger partial charge in [-0.1, -0.05) is 60.7 Å². The smallest absolute Gasteiger partial charge is 0.171 e. The predicted octanol–water partition coefficient (Wildman–Crippen LogP) is 7.69. The summed E-state index contributed by atoms with van der Waals surface area (Å²) in [6.45, 7) is 5.22. The van der Waals surface area contributed by atoms with Gasteiger partial charge < -0.3 is 21.3 Å². The fraction of sp³-hybridized carbons (Fsp3) is 0.133. The maximum atomic E-state index is 5.42. The predicted molar refractivity (Wildman–Crippen MR) is 166 cm³/mol. The van der Waals surface area contributed by atoms with Gasteiger partial charge in [0.2, 0.25) is 0 Å². The first-order chi connectivity index (χ1) is 18.5. The summed E-state index contributed by atoms with van der Waals surface area (Å²) in [5, 5.41) is 23.2. The summed E-state index contributed by atoms with van der Waals surface area (Å²) in [6, 6.07) is 32.0. The SMILES string of the molecule is Cc1ccc(CNC(=S)Nc2ccccc2)cc1N=Nc1cc(CNC(=S)Nc2ccccc2)ccc1C. The average Bonchev–Trinajstić information content (AvgIpc) is 2.93. The first-order valence-corrected chi connectivity index (χ1v) is 13.1. The molecule has 0 amide bonds. The zero-order chi connectivity index (χ0) is 26.7. The number of azo groups is 1. The van der Waals surface area contributed by atoms with Gasteiger partial charge in [0.05, 0.1) is 11.4 Å². The molecule has 0 atom stereocenters. The molecule has 4 aromatic rings. The molecule has 0 aliphatic carbocycles. The lowest BCUT2D eigenvalue weighted by molar-refractivity contribution is 0.922. The van der Waals surface area contributed by atoms with Crippen LogP contribution in [0.15, 0.2) is 107 Å². The summed E-state index contributed by atoms with van der Waals surface area (Å²) in [6.07, 6.45) is 0. The molecule has 192 valence electrons. The van der Waals surface area contributed by atoms with Crippen molar-refractivity contribution in [2.45, 2.75) is 26.9 Å². The fourth-order valence-electron chi connectivity index (χ4n) is 3.61. The molecule has 0 spiro atoms. The Kier molecular flexibility index (Phi) is 9.50. The minimum absolute atomic E-state index is 0.569. The number of thiocarbonyl (C=S) groups is 2. The second-order valence-electron chi connectivity index (χ2n) is 8.79. The van der Waals surface area contributed by atoms with Crippen LogP contribution in [-0.4, -0.2) is 10.2 Å². The summed E-state index contributed by atoms with van der Waals surface area (Å²) >= 11 is 10.8. The zero-order valence-electron chi connectivity index (χ0n) is 21.4. The van der Waals surface area contributed by atoms with Gasteiger partial charge in [0.15, 0.2) is 10.2 Å². The molecule has 0 unspecified atom stereocenters. The van der Waals surface area contributed by atoms with Crippen molar-refractivity contribution in [3.05, 3.63) is 119 Å². The molecule has 0 fully saturated rings. The lowest BCUT2D eigenvalue weighted by atomic mass is 10.1. The Morgan fingerprint density at radius 2 is 0.974 bits per heavy atom. The summed E-state index contributed by atoms with van der Waals surface area (Å²) in [4.78, 5) is 0. The minimum Gasteiger partial charge on any atom is -0.358 e. The van der Waals surface area contributed by atoms with Crippen molar-refractivity contribution < 1.29 is 0 Å². The Balaban J connectivity index is 1.36. The Bertz CT molecular complexity index is 1310. The van der Waals surface area contributed by atoms with E-state index in [4.69, 9.17) is 24.4 Å². The van der Waals surface area contributed by atoms with Crippen LogP contribution in [0.2, 0.25) is 0 Å². The van der Waals surface area contributed by atoms with Crippen LogP contribution in [0.25, 0.3) is 0 Å². The number of nitrogens with zero attached hydrogens (tertiary/aromatic N) is 2. The maximum absolute atomic E-state index is 5.42. The lowest BCUT2D eigenvalue weighted by Crippen LogP contribution is -2.27. The normalized spacial score (nSPS) is 10.7. The maximum Gasteiger partial charge on any atom is 0.171 e. The highest BCUT2D eigenvalue weighted by atomic mass is 32.1. The van der Waals surface area contributed by atoms with Crippen molar-refractivity contribution in [2.24, 2.45) is 10.2 Å². The molecule has 4 rings (SSSR count). The van der Waals surface area contributed by atoms with Crippen LogP contribution in [-0.2, 0) is 13.1 Å². The van der Waals surface area contributed by atoms with Gasteiger partial charge in [0.25, 0.3) is 0 Å². The van der Waals surface area contributed by atoms with E-state index in [0.717, 1.165) is 45.0 Å². The van der Waals surface area contributed by atoms with E-state index >= 15 is 0 Å². The highest BCUT2D eigenvalue weighted by molar-refractivity contribution is 7.80. The van der Waals surface area contributed by atoms with Crippen molar-refractivity contribution >= 4 is 57.4 Å². The number of para-hydroxylation sites is 2. The van der Waals surface area contributed by atoms with E-state index in [0.29, 0.717) is 23.3 Å². The van der Waals surface area contributed by atoms with Crippen LogP contribution in [0.3, 0.4) is 0 Å². The van der Waals surface area contributed by atoms with Crippen molar-refractivity contribution in [3.63, 3.8) is 0 Å². The van der Waals surface area contributed by atoms with Crippen LogP contribution in [0, 0.1) is 13.8 Å². The summed E-state index contributed by atoms with van der Waals surface area (Å²) < 4.78 is 0. The number of rotatable bonds is 8. The van der Waals surface area contributed by atoms with Gasteiger partial charge in [0, 0.05) is 24.5 Å². The first-order valence-electron chi connectivity index (χ1n) is 12.3. The topological polar surface area (TPSA) is 72.8 Å². The van der Waals surface area contributed by atoms with Crippen LogP contribution < -0.4 is 21.3 Å². The molecule has 0 radical (unpaired) electrons. The molecule has 0 bridgehead atoms. The molecule has 0 heterocycles. The monoisotopic (exact) mass is 538 g/mol. The molecule has 6 nitrogen and oxygen atoms in total. The highest BCUT2D eigenvalue weighted by Crippen LogP contribution is 2.26. The molecule has 8 heteroatoms. The van der Waals surface area contributed by atoms with Crippen LogP contribution in [0.5, 0.6) is 0 Å². The Labute approximate surface area is 234 Å². The van der Waals surface area contributed by atoms with E-state index in [1.807, 2.05) is 98.8 Å². The van der Waals surface area contributed by atoms with Gasteiger partial charge in [-0.2, -0.15) is 10.2 Å². The summed E-state index contributed by atoms with van der Waals surface area (Å²) in [7, 11) is 0. The molecule has 0 saturated carbocycles. The van der Waals surface area contributed by atoms with Gasteiger partial charge >= 0.3 is 0 Å². The summed E-state index contributed by atoms with van der Waals surface area (Å²) in [5.41, 5.74) is 7.78. The minimum atomic E-state index is 0.569. The van der Waals surface area contributed by atoms with E-state index in [1.165, 1.54) is 0 Å². The van der Waals surface area contributed by atoms with E-state index < -0.39 is 0 Å². The van der Waals surface area contributed by atoms with Gasteiger partial charge in [0.1, 0.15) is 0 Å². The third-order valence-corrected chi connectivity index (χ3v) is 6.27. The van der Waals surface area contributed by atoms with Crippen molar-refractivity contribution in [2.75, 3.05) is 10.6 Å². The van der Waals surface area contributed by atoms with Crippen molar-refractivity contribution in [1.82, 2.24) is 10.6 Å². The Hall–Kier alpha value is -4.14. The van der Waals surface area contributed by atoms with Gasteiger partial charge in [-0.25, -0.2) is 0 Å². The number of benzene rings is 4. The summed E-state index contributed by atoms with van der Waals surface area (Å²) in [5.74, 6) is 0. The Morgan fingerprint density at radius 3 is 1.37 bits per heavy atom. The number of nitrogens with one attached hydrogen (secondary N) is 4. The van der Waals surface area contributed by atoms with Gasteiger partial charge in [-0.3, -0.25) is 0 Å². The molecule has 4 aromatic carbocycles. The fourth-order valence-corrected chi connectivity index (χ4v) is 3.99. The van der Waals surface area contributed by atoms with Crippen LogP contribution >= 0.6 is 24.4 Å². The van der Waals surface area contributed by atoms with E-state index in [-0.39, 0.29) is 0 Å². The third-order valence-electron chi connectivity index (χ3n) is 5.78. The molecule has 4 N–H and O–H groups in total. The number of anilines is 2. The van der Waals surface area contributed by atoms with E-state index in [1.54, 1.807) is 0 Å². The number of hydrogen-bond donors (Lipinski definition) is 4. The van der Waals surface area contributed by atoms with Crippen LogP contribution in [0.4, 0.5) is 22.7 Å². The lowest BCUT2D eigenvalue weighted by Gasteiger charge is -2.12. The molecule has 0 aliphatic rings. The molecular formula is C30H30N6S2. The van der Waals surface area contributed by atoms with E-state index in [2.05, 4.69) is 43.6 Å². The number of aryl methyl sites for hydroxylation is 2. The quantitative estimate of drug-likeness (QED) is 0.136. The Morgan fingerprint density at radius 1 is 0.579 bits per heavy atom. The van der Waals surface area contributed by atoms with Crippen molar-refractivity contribution in [1.29, 1.82) is 0 Å². The molecule has 0 saturated heterocycles. The second-order valence-corrected chi connectivity index (χ2v) is 9.61. The molecule has 0 aliphatic heterocycles. The van der Waals surface area contributed by atoms with Crippen molar-refractivity contribution in [3.8, 4) is 0 Å². The zero-order valence-corrected chi connectivity index (χ0v) is 23.0. The van der Waals surface area contributed by atoms with Gasteiger partial charge in [-0.05, 0) is 96.9 Å². The highest BCUT2D eigenvalue weighted by Gasteiger charge is 2.05. The number of hydrogen-bond acceptors (Lipinski definition) is 4. The molecule has 0 aromatic heterocycles. The van der Waals surface area contributed by atoms with Gasteiger partial charge in [-0.15, -0.1) is 0 Å². The average molecular weight is 539 g/mol. The molecular weight excluding hydrogens is 509 g/mol. The second kappa shape index (κ2) is 13.4. The molecule has 38 heavy (non-hydrogen) atoms. The van der Waals surface area contributed by atoms with E-state index in [9.17, 15) is 0 Å². The standard InChI is InChI=1S/C30H30N6S2/c1-21-13-15-23(19-31-29(37)33-25-9-5-3-6-10-25)17-27(21)35-36-28-18-24(16-14-22(28)2)20-32-30(38)34-26-11-7-4-8-12-26/h3-18H,19-20H2,1-2H3,(H2,31,33,37)(H2,32,34,38). The largest absolute Gasteiger partial charge is 0.358 e. The third kappa shape index (κ3) is 8.19. The van der Waals surface area contributed by atoms with Crippen LogP contribution in [0.1, 0.15) is 22.3 Å².